The summed E-state index contributed by atoms with van der Waals surface area (Å²) in [5.74, 6) is -1.28. The molecule has 1 saturated heterocycles. The Kier molecular flexibility index (Phi) is 5.01. The SMILES string of the molecule is O=C1C[C@@H](C(=O)Nc2ccc(Cl)cc2)c2c(nc(N3CCOCC3)[nH]c2=O)N1. The molecule has 10 heteroatoms. The summed E-state index contributed by atoms with van der Waals surface area (Å²) in [5.41, 5.74) is 0.238. The standard InChI is InChI=1S/C18H18ClN5O4/c19-10-1-3-11(4-2-10)20-16(26)12-9-13(25)21-15-14(12)17(27)23-18(22-15)24-5-7-28-8-6-24/h1-4,12H,5-9H2,(H,20,26)(H2,21,22,23,25,27)/t12-/m1/s1. The lowest BCUT2D eigenvalue weighted by molar-refractivity contribution is -0.123. The maximum absolute atomic E-state index is 12.8. The number of amides is 2. The molecule has 1 atom stereocenters. The van der Waals surface area contributed by atoms with Gasteiger partial charge >= 0.3 is 0 Å². The van der Waals surface area contributed by atoms with Gasteiger partial charge in [-0.1, -0.05) is 11.6 Å². The van der Waals surface area contributed by atoms with Gasteiger partial charge in [-0.05, 0) is 24.3 Å². The van der Waals surface area contributed by atoms with Crippen LogP contribution in [0.4, 0.5) is 17.5 Å². The number of fused-ring (bicyclic) bond motifs is 1. The third-order valence-corrected chi connectivity index (χ3v) is 4.93. The Morgan fingerprint density at radius 1 is 1.21 bits per heavy atom. The first-order valence-electron chi connectivity index (χ1n) is 8.84. The third kappa shape index (κ3) is 3.71. The lowest BCUT2D eigenvalue weighted by Gasteiger charge is -2.29. The van der Waals surface area contributed by atoms with E-state index in [9.17, 15) is 14.4 Å². The molecule has 2 aliphatic rings. The van der Waals surface area contributed by atoms with Crippen LogP contribution in [0, 0.1) is 0 Å². The van der Waals surface area contributed by atoms with Gasteiger partial charge in [0, 0.05) is 30.2 Å². The van der Waals surface area contributed by atoms with Gasteiger partial charge in [0.25, 0.3) is 5.56 Å². The number of H-pyrrole nitrogens is 1. The maximum atomic E-state index is 12.8. The van der Waals surface area contributed by atoms with E-state index in [0.717, 1.165) is 0 Å². The van der Waals surface area contributed by atoms with Crippen molar-refractivity contribution < 1.29 is 14.3 Å². The number of carbonyl (C=O) groups is 2. The molecule has 1 fully saturated rings. The van der Waals surface area contributed by atoms with Crippen LogP contribution in [0.15, 0.2) is 29.1 Å². The van der Waals surface area contributed by atoms with Gasteiger partial charge in [-0.25, -0.2) is 0 Å². The average molecular weight is 404 g/mol. The Balaban J connectivity index is 1.64. The van der Waals surface area contributed by atoms with Gasteiger partial charge < -0.3 is 20.3 Å². The van der Waals surface area contributed by atoms with Gasteiger partial charge in [-0.15, -0.1) is 0 Å². The number of nitrogens with one attached hydrogen (secondary N) is 3. The monoisotopic (exact) mass is 403 g/mol. The number of carbonyl (C=O) groups excluding carboxylic acids is 2. The summed E-state index contributed by atoms with van der Waals surface area (Å²) in [5, 5.41) is 5.87. The van der Waals surface area contributed by atoms with E-state index < -0.39 is 17.4 Å². The quantitative estimate of drug-likeness (QED) is 0.711. The number of morpholine rings is 1. The van der Waals surface area contributed by atoms with Crippen LogP contribution in [0.5, 0.6) is 0 Å². The minimum Gasteiger partial charge on any atom is -0.378 e. The molecule has 2 amide bonds. The van der Waals surface area contributed by atoms with Gasteiger partial charge in [0.2, 0.25) is 17.8 Å². The van der Waals surface area contributed by atoms with Crippen LogP contribution in [-0.4, -0.2) is 48.1 Å². The van der Waals surface area contributed by atoms with Crippen LogP contribution in [0.1, 0.15) is 17.9 Å². The molecule has 4 rings (SSSR count). The van der Waals surface area contributed by atoms with Crippen LogP contribution in [0.3, 0.4) is 0 Å². The Bertz CT molecular complexity index is 969. The number of aromatic amines is 1. The number of rotatable bonds is 3. The van der Waals surface area contributed by atoms with Gasteiger partial charge in [0.1, 0.15) is 5.82 Å². The summed E-state index contributed by atoms with van der Waals surface area (Å²) >= 11 is 5.85. The molecule has 2 aliphatic heterocycles. The van der Waals surface area contributed by atoms with E-state index >= 15 is 0 Å². The molecular weight excluding hydrogens is 386 g/mol. The molecule has 0 aliphatic carbocycles. The van der Waals surface area contributed by atoms with E-state index in [2.05, 4.69) is 20.6 Å². The van der Waals surface area contributed by atoms with Crippen molar-refractivity contribution >= 4 is 40.9 Å². The molecule has 0 unspecified atom stereocenters. The second kappa shape index (κ2) is 7.61. The normalized spacial score (nSPS) is 19.0. The van der Waals surface area contributed by atoms with Crippen LogP contribution in [0.2, 0.25) is 5.02 Å². The van der Waals surface area contributed by atoms with Gasteiger partial charge in [0.05, 0.1) is 24.7 Å². The summed E-state index contributed by atoms with van der Waals surface area (Å²) in [6, 6.07) is 6.57. The van der Waals surface area contributed by atoms with Crippen molar-refractivity contribution in [2.75, 3.05) is 41.8 Å². The lowest BCUT2D eigenvalue weighted by atomic mass is 9.92. The average Bonchev–Trinajstić information content (AvgIpc) is 2.69. The number of halogens is 1. The first-order chi connectivity index (χ1) is 13.5. The number of ether oxygens (including phenoxy) is 1. The van der Waals surface area contributed by atoms with E-state index in [0.29, 0.717) is 43.0 Å². The number of hydrogen-bond donors (Lipinski definition) is 3. The molecular formula is C18H18ClN5O4. The zero-order chi connectivity index (χ0) is 19.7. The van der Waals surface area contributed by atoms with Crippen molar-refractivity contribution in [2.24, 2.45) is 0 Å². The summed E-state index contributed by atoms with van der Waals surface area (Å²) < 4.78 is 5.30. The Hall–Kier alpha value is -2.91. The largest absolute Gasteiger partial charge is 0.378 e. The Labute approximate surface area is 165 Å². The third-order valence-electron chi connectivity index (χ3n) is 4.68. The zero-order valence-electron chi connectivity index (χ0n) is 14.8. The van der Waals surface area contributed by atoms with Crippen molar-refractivity contribution in [1.82, 2.24) is 9.97 Å². The molecule has 0 bridgehead atoms. The van der Waals surface area contributed by atoms with Crippen LogP contribution >= 0.6 is 11.6 Å². The predicted octanol–water partition coefficient (Wildman–Crippen LogP) is 1.32. The highest BCUT2D eigenvalue weighted by Crippen LogP contribution is 2.30. The van der Waals surface area contributed by atoms with Crippen molar-refractivity contribution in [1.29, 1.82) is 0 Å². The Morgan fingerprint density at radius 3 is 2.64 bits per heavy atom. The molecule has 1 aromatic heterocycles. The minimum absolute atomic E-state index is 0.123. The number of benzene rings is 1. The van der Waals surface area contributed by atoms with Crippen LogP contribution in [0.25, 0.3) is 0 Å². The summed E-state index contributed by atoms with van der Waals surface area (Å²) in [6.45, 7) is 2.21. The predicted molar refractivity (Wildman–Crippen MR) is 104 cm³/mol. The van der Waals surface area contributed by atoms with Gasteiger partial charge in [-0.2, -0.15) is 4.98 Å². The van der Waals surface area contributed by atoms with E-state index in [4.69, 9.17) is 16.3 Å². The molecule has 1 aromatic carbocycles. The fourth-order valence-electron chi connectivity index (χ4n) is 3.27. The maximum Gasteiger partial charge on any atom is 0.258 e. The topological polar surface area (TPSA) is 116 Å². The second-order valence-electron chi connectivity index (χ2n) is 6.55. The van der Waals surface area contributed by atoms with E-state index in [1.54, 1.807) is 24.3 Å². The van der Waals surface area contributed by atoms with Crippen LogP contribution < -0.4 is 21.1 Å². The van der Waals surface area contributed by atoms with Crippen molar-refractivity contribution in [2.45, 2.75) is 12.3 Å². The zero-order valence-corrected chi connectivity index (χ0v) is 15.6. The van der Waals surface area contributed by atoms with Crippen molar-refractivity contribution in [3.63, 3.8) is 0 Å². The Morgan fingerprint density at radius 2 is 1.93 bits per heavy atom. The van der Waals surface area contributed by atoms with Gasteiger partial charge in [0.15, 0.2) is 0 Å². The molecule has 0 saturated carbocycles. The fraction of sp³-hybridized carbons (Fsp3) is 0.333. The number of hydrogen-bond acceptors (Lipinski definition) is 6. The minimum atomic E-state index is -0.936. The first-order valence-corrected chi connectivity index (χ1v) is 9.22. The lowest BCUT2D eigenvalue weighted by Crippen LogP contribution is -2.41. The molecule has 0 spiro atoms. The van der Waals surface area contributed by atoms with Crippen molar-refractivity contribution in [3.05, 3.63) is 45.2 Å². The number of nitrogens with zero attached hydrogens (tertiary/aromatic N) is 2. The summed E-state index contributed by atoms with van der Waals surface area (Å²) in [6.07, 6.45) is -0.131. The highest BCUT2D eigenvalue weighted by molar-refractivity contribution is 6.30. The molecule has 146 valence electrons. The fourth-order valence-corrected chi connectivity index (χ4v) is 3.40. The highest BCUT2D eigenvalue weighted by atomic mass is 35.5. The first kappa shape index (κ1) is 18.5. The number of aromatic nitrogens is 2. The molecule has 2 aromatic rings. The molecule has 28 heavy (non-hydrogen) atoms. The smallest absolute Gasteiger partial charge is 0.258 e. The molecule has 0 radical (unpaired) electrons. The van der Waals surface area contributed by atoms with E-state index in [-0.39, 0.29) is 23.7 Å². The summed E-state index contributed by atoms with van der Waals surface area (Å²) in [4.78, 5) is 46.6. The molecule has 3 heterocycles. The van der Waals surface area contributed by atoms with E-state index in [1.165, 1.54) is 0 Å². The molecule has 9 nitrogen and oxygen atoms in total. The number of anilines is 3. The summed E-state index contributed by atoms with van der Waals surface area (Å²) in [7, 11) is 0. The molecule has 3 N–H and O–H groups in total. The second-order valence-corrected chi connectivity index (χ2v) is 6.99. The van der Waals surface area contributed by atoms with Gasteiger partial charge in [-0.3, -0.25) is 19.4 Å². The highest BCUT2D eigenvalue weighted by Gasteiger charge is 2.35. The van der Waals surface area contributed by atoms with Crippen LogP contribution in [-0.2, 0) is 14.3 Å². The van der Waals surface area contributed by atoms with E-state index in [1.807, 2.05) is 4.90 Å². The van der Waals surface area contributed by atoms with Crippen molar-refractivity contribution in [3.8, 4) is 0 Å².